The van der Waals surface area contributed by atoms with Gasteiger partial charge in [-0.25, -0.2) is 0 Å². The lowest BCUT2D eigenvalue weighted by Crippen LogP contribution is -2.44. The van der Waals surface area contributed by atoms with Crippen LogP contribution < -0.4 is 0 Å². The monoisotopic (exact) mass is 217 g/mol. The fourth-order valence-corrected chi connectivity index (χ4v) is 3.51. The number of fused-ring (bicyclic) bond motifs is 1. The summed E-state index contributed by atoms with van der Waals surface area (Å²) in [7, 11) is 0. The van der Waals surface area contributed by atoms with Gasteiger partial charge < -0.3 is 5.11 Å². The molecule has 1 aromatic rings. The maximum absolute atomic E-state index is 9.38. The smallest absolute Gasteiger partial charge is 0.115 e. The van der Waals surface area contributed by atoms with Crippen LogP contribution in [0.1, 0.15) is 37.7 Å². The van der Waals surface area contributed by atoms with Crippen molar-refractivity contribution in [2.75, 3.05) is 13.1 Å². The average molecular weight is 217 g/mol. The zero-order chi connectivity index (χ0) is 11.0. The van der Waals surface area contributed by atoms with Crippen molar-refractivity contribution in [2.24, 2.45) is 0 Å². The Balaban J connectivity index is 1.98. The van der Waals surface area contributed by atoms with Crippen LogP contribution in [0.2, 0.25) is 0 Å². The Labute approximate surface area is 96.9 Å². The predicted octanol–water partition coefficient (Wildman–Crippen LogP) is 2.87. The van der Waals surface area contributed by atoms with Crippen molar-refractivity contribution in [3.8, 4) is 5.75 Å². The fraction of sp³-hybridized carbons (Fsp3) is 0.571. The highest BCUT2D eigenvalue weighted by atomic mass is 16.3. The molecule has 3 rings (SSSR count). The third-order valence-corrected chi connectivity index (χ3v) is 4.30. The van der Waals surface area contributed by atoms with E-state index < -0.39 is 0 Å². The van der Waals surface area contributed by atoms with Gasteiger partial charge in [-0.3, -0.25) is 4.90 Å². The molecular weight excluding hydrogens is 198 g/mol. The molecule has 0 amide bonds. The molecule has 1 unspecified atom stereocenters. The summed E-state index contributed by atoms with van der Waals surface area (Å²) in [5, 5.41) is 9.38. The molecule has 1 aromatic carbocycles. The third kappa shape index (κ3) is 1.44. The Morgan fingerprint density at radius 3 is 2.44 bits per heavy atom. The summed E-state index contributed by atoms with van der Waals surface area (Å²) in [6.45, 7) is 2.50. The molecule has 2 heteroatoms. The van der Waals surface area contributed by atoms with E-state index in [1.165, 1.54) is 50.8 Å². The van der Waals surface area contributed by atoms with Crippen LogP contribution in [0.3, 0.4) is 0 Å². The van der Waals surface area contributed by atoms with Crippen molar-refractivity contribution in [1.29, 1.82) is 0 Å². The number of phenols is 1. The molecule has 2 saturated heterocycles. The lowest BCUT2D eigenvalue weighted by molar-refractivity contribution is 0.0885. The fourth-order valence-electron chi connectivity index (χ4n) is 3.51. The van der Waals surface area contributed by atoms with E-state index in [1.807, 2.05) is 12.1 Å². The van der Waals surface area contributed by atoms with Gasteiger partial charge in [0.2, 0.25) is 0 Å². The second kappa shape index (κ2) is 3.77. The lowest BCUT2D eigenvalue weighted by atomic mass is 9.80. The minimum Gasteiger partial charge on any atom is -0.508 e. The van der Waals surface area contributed by atoms with Gasteiger partial charge in [-0.15, -0.1) is 0 Å². The highest BCUT2D eigenvalue weighted by Gasteiger charge is 2.43. The van der Waals surface area contributed by atoms with Gasteiger partial charge in [-0.2, -0.15) is 0 Å². The summed E-state index contributed by atoms with van der Waals surface area (Å²) in [6, 6.07) is 7.88. The predicted molar refractivity (Wildman–Crippen MR) is 64.4 cm³/mol. The zero-order valence-corrected chi connectivity index (χ0v) is 9.65. The summed E-state index contributed by atoms with van der Waals surface area (Å²) >= 11 is 0. The number of hydrogen-bond acceptors (Lipinski definition) is 2. The molecule has 0 aliphatic carbocycles. The first-order valence-corrected chi connectivity index (χ1v) is 6.36. The number of benzene rings is 1. The SMILES string of the molecule is Oc1ccc(C23CCCCN2CCC3)cc1. The van der Waals surface area contributed by atoms with Gasteiger partial charge in [0.1, 0.15) is 5.75 Å². The molecule has 1 N–H and O–H groups in total. The van der Waals surface area contributed by atoms with E-state index in [4.69, 9.17) is 0 Å². The number of hydrogen-bond donors (Lipinski definition) is 1. The summed E-state index contributed by atoms with van der Waals surface area (Å²) in [6.07, 6.45) is 6.59. The molecular formula is C14H19NO. The normalized spacial score (nSPS) is 30.2. The van der Waals surface area contributed by atoms with Gasteiger partial charge in [-0.05, 0) is 62.9 Å². The van der Waals surface area contributed by atoms with E-state index in [-0.39, 0.29) is 0 Å². The molecule has 0 saturated carbocycles. The quantitative estimate of drug-likeness (QED) is 0.782. The van der Waals surface area contributed by atoms with Crippen LogP contribution >= 0.6 is 0 Å². The molecule has 0 radical (unpaired) electrons. The molecule has 0 aromatic heterocycles. The van der Waals surface area contributed by atoms with E-state index in [0.717, 1.165) is 0 Å². The van der Waals surface area contributed by atoms with Crippen molar-refractivity contribution in [3.05, 3.63) is 29.8 Å². The van der Waals surface area contributed by atoms with Crippen molar-refractivity contribution < 1.29 is 5.11 Å². The highest BCUT2D eigenvalue weighted by molar-refractivity contribution is 5.32. The van der Waals surface area contributed by atoms with E-state index in [1.54, 1.807) is 0 Å². The highest BCUT2D eigenvalue weighted by Crippen LogP contribution is 2.45. The minimum absolute atomic E-state index is 0.298. The first kappa shape index (κ1) is 10.2. The van der Waals surface area contributed by atoms with Gasteiger partial charge in [0.05, 0.1) is 0 Å². The Morgan fingerprint density at radius 2 is 1.62 bits per heavy atom. The van der Waals surface area contributed by atoms with Gasteiger partial charge in [0.15, 0.2) is 0 Å². The number of nitrogens with zero attached hydrogens (tertiary/aromatic N) is 1. The summed E-state index contributed by atoms with van der Waals surface area (Å²) in [5.74, 6) is 0.375. The Hall–Kier alpha value is -1.02. The van der Waals surface area contributed by atoms with Gasteiger partial charge in [-0.1, -0.05) is 12.1 Å². The van der Waals surface area contributed by atoms with Crippen LogP contribution in [0.5, 0.6) is 5.75 Å². The molecule has 2 fully saturated rings. The zero-order valence-electron chi connectivity index (χ0n) is 9.65. The Bertz CT molecular complexity index is 373. The number of aromatic hydroxyl groups is 1. The first-order valence-electron chi connectivity index (χ1n) is 6.36. The molecule has 2 heterocycles. The van der Waals surface area contributed by atoms with Crippen LogP contribution in [0.25, 0.3) is 0 Å². The van der Waals surface area contributed by atoms with E-state index in [9.17, 15) is 5.11 Å². The average Bonchev–Trinajstić information content (AvgIpc) is 2.74. The standard InChI is InChI=1S/C14H19NO/c16-13-6-4-12(5-7-13)14-8-1-2-10-15(14)11-3-9-14/h4-7,16H,1-3,8-11H2. The second-order valence-corrected chi connectivity index (χ2v) is 5.13. The topological polar surface area (TPSA) is 23.5 Å². The summed E-state index contributed by atoms with van der Waals surface area (Å²) < 4.78 is 0. The maximum Gasteiger partial charge on any atom is 0.115 e. The summed E-state index contributed by atoms with van der Waals surface area (Å²) in [5.41, 5.74) is 1.70. The van der Waals surface area contributed by atoms with Gasteiger partial charge in [0, 0.05) is 5.54 Å². The van der Waals surface area contributed by atoms with Crippen LogP contribution in [0, 0.1) is 0 Å². The molecule has 2 nitrogen and oxygen atoms in total. The van der Waals surface area contributed by atoms with E-state index in [0.29, 0.717) is 11.3 Å². The van der Waals surface area contributed by atoms with Crippen LogP contribution in [-0.4, -0.2) is 23.1 Å². The molecule has 16 heavy (non-hydrogen) atoms. The first-order chi connectivity index (χ1) is 7.81. The van der Waals surface area contributed by atoms with Crippen molar-refractivity contribution in [3.63, 3.8) is 0 Å². The minimum atomic E-state index is 0.298. The maximum atomic E-state index is 9.38. The van der Waals surface area contributed by atoms with Crippen LogP contribution in [0.15, 0.2) is 24.3 Å². The van der Waals surface area contributed by atoms with Crippen LogP contribution in [0.4, 0.5) is 0 Å². The van der Waals surface area contributed by atoms with Gasteiger partial charge >= 0.3 is 0 Å². The molecule has 0 spiro atoms. The summed E-state index contributed by atoms with van der Waals surface area (Å²) in [4.78, 5) is 2.66. The second-order valence-electron chi connectivity index (χ2n) is 5.13. The van der Waals surface area contributed by atoms with Crippen molar-refractivity contribution in [1.82, 2.24) is 4.90 Å². The largest absolute Gasteiger partial charge is 0.508 e. The van der Waals surface area contributed by atoms with Gasteiger partial charge in [0.25, 0.3) is 0 Å². The molecule has 0 bridgehead atoms. The Kier molecular flexibility index (Phi) is 2.40. The molecule has 2 aliphatic heterocycles. The van der Waals surface area contributed by atoms with E-state index in [2.05, 4.69) is 17.0 Å². The number of phenolic OH excluding ortho intramolecular Hbond substituents is 1. The van der Waals surface area contributed by atoms with E-state index >= 15 is 0 Å². The van der Waals surface area contributed by atoms with Crippen molar-refractivity contribution >= 4 is 0 Å². The molecule has 86 valence electrons. The lowest BCUT2D eigenvalue weighted by Gasteiger charge is -2.43. The van der Waals surface area contributed by atoms with Crippen LogP contribution in [-0.2, 0) is 5.54 Å². The third-order valence-electron chi connectivity index (χ3n) is 4.30. The molecule has 2 aliphatic rings. The molecule has 1 atom stereocenters. The number of piperidine rings is 1. The Morgan fingerprint density at radius 1 is 0.938 bits per heavy atom. The number of rotatable bonds is 1. The van der Waals surface area contributed by atoms with Crippen molar-refractivity contribution in [2.45, 2.75) is 37.6 Å².